The summed E-state index contributed by atoms with van der Waals surface area (Å²) in [6, 6.07) is 5.56. The van der Waals surface area contributed by atoms with Crippen molar-refractivity contribution in [2.24, 2.45) is 0 Å². The van der Waals surface area contributed by atoms with Crippen LogP contribution in [-0.2, 0) is 0 Å². The number of benzene rings is 1. The number of rotatable bonds is 2. The van der Waals surface area contributed by atoms with E-state index in [1.165, 1.54) is 0 Å². The summed E-state index contributed by atoms with van der Waals surface area (Å²) in [6.07, 6.45) is 0. The van der Waals surface area contributed by atoms with Crippen LogP contribution in [0.1, 0.15) is 24.2 Å². The van der Waals surface area contributed by atoms with Crippen LogP contribution >= 0.6 is 0 Å². The van der Waals surface area contributed by atoms with Gasteiger partial charge in [-0.25, -0.2) is 0 Å². The molecule has 1 fully saturated rings. The fraction of sp³-hybridized carbons (Fsp3) is 0.500. The number of nitrogens with zero attached hydrogens (tertiary/aromatic N) is 2. The van der Waals surface area contributed by atoms with Crippen molar-refractivity contribution in [1.82, 2.24) is 9.80 Å². The summed E-state index contributed by atoms with van der Waals surface area (Å²) in [4.78, 5) is 16.6. The van der Waals surface area contributed by atoms with E-state index in [4.69, 9.17) is 11.5 Å². The van der Waals surface area contributed by atoms with Crippen LogP contribution in [0, 0.1) is 0 Å². The lowest BCUT2D eigenvalue weighted by molar-refractivity contribution is 0.0595. The van der Waals surface area contributed by atoms with Crippen LogP contribution in [0.25, 0.3) is 0 Å². The Hall–Kier alpha value is -1.75. The summed E-state index contributed by atoms with van der Waals surface area (Å²) in [5.74, 6) is 0.0161. The second kappa shape index (κ2) is 5.48. The van der Waals surface area contributed by atoms with Crippen molar-refractivity contribution in [3.05, 3.63) is 23.8 Å². The van der Waals surface area contributed by atoms with Gasteiger partial charge in [0.15, 0.2) is 0 Å². The lowest BCUT2D eigenvalue weighted by Gasteiger charge is -2.37. The van der Waals surface area contributed by atoms with Crippen molar-refractivity contribution in [2.45, 2.75) is 19.9 Å². The molecule has 0 unspecified atom stereocenters. The molecule has 0 atom stereocenters. The molecule has 19 heavy (non-hydrogen) atoms. The normalized spacial score (nSPS) is 16.9. The number of nitrogen functional groups attached to an aromatic ring is 2. The summed E-state index contributed by atoms with van der Waals surface area (Å²) in [7, 11) is 0. The Kier molecular flexibility index (Phi) is 3.95. The number of nitrogens with two attached hydrogens (primary N) is 2. The van der Waals surface area contributed by atoms with Crippen molar-refractivity contribution in [3.8, 4) is 0 Å². The van der Waals surface area contributed by atoms with Crippen molar-refractivity contribution in [2.75, 3.05) is 37.6 Å². The van der Waals surface area contributed by atoms with Gasteiger partial charge in [0.05, 0.1) is 0 Å². The number of hydrogen-bond acceptors (Lipinski definition) is 4. The van der Waals surface area contributed by atoms with Gasteiger partial charge in [-0.05, 0) is 32.0 Å². The van der Waals surface area contributed by atoms with Gasteiger partial charge in [-0.2, -0.15) is 0 Å². The third-order valence-electron chi connectivity index (χ3n) is 3.56. The molecule has 0 saturated carbocycles. The predicted molar refractivity (Wildman–Crippen MR) is 77.9 cm³/mol. The Balaban J connectivity index is 2.05. The molecule has 4 N–H and O–H groups in total. The van der Waals surface area contributed by atoms with E-state index in [9.17, 15) is 4.79 Å². The smallest absolute Gasteiger partial charge is 0.254 e. The van der Waals surface area contributed by atoms with E-state index in [-0.39, 0.29) is 5.91 Å². The molecule has 2 rings (SSSR count). The maximum absolute atomic E-state index is 12.4. The first-order chi connectivity index (χ1) is 8.97. The minimum absolute atomic E-state index is 0.0161. The first-order valence-electron chi connectivity index (χ1n) is 6.66. The minimum Gasteiger partial charge on any atom is -0.399 e. The second-order valence-corrected chi connectivity index (χ2v) is 5.31. The predicted octanol–water partition coefficient (Wildman–Crippen LogP) is 1.02. The van der Waals surface area contributed by atoms with E-state index in [1.54, 1.807) is 18.2 Å². The van der Waals surface area contributed by atoms with Crippen molar-refractivity contribution in [3.63, 3.8) is 0 Å². The summed E-state index contributed by atoms with van der Waals surface area (Å²) in [5, 5.41) is 0. The Labute approximate surface area is 114 Å². The third kappa shape index (κ3) is 3.17. The molecule has 5 nitrogen and oxygen atoms in total. The maximum atomic E-state index is 12.4. The number of piperazine rings is 1. The van der Waals surface area contributed by atoms with Crippen LogP contribution in [0.15, 0.2) is 18.2 Å². The van der Waals surface area contributed by atoms with Gasteiger partial charge in [-0.1, -0.05) is 0 Å². The molecule has 104 valence electrons. The highest BCUT2D eigenvalue weighted by Crippen LogP contribution is 2.17. The highest BCUT2D eigenvalue weighted by molar-refractivity contribution is 5.96. The topological polar surface area (TPSA) is 75.6 Å². The van der Waals surface area contributed by atoms with Gasteiger partial charge in [-0.3, -0.25) is 9.69 Å². The van der Waals surface area contributed by atoms with Crippen LogP contribution in [0.3, 0.4) is 0 Å². The fourth-order valence-corrected chi connectivity index (χ4v) is 2.42. The molecule has 1 aromatic rings. The van der Waals surface area contributed by atoms with Crippen molar-refractivity contribution >= 4 is 17.3 Å². The fourth-order valence-electron chi connectivity index (χ4n) is 2.42. The minimum atomic E-state index is 0.0161. The van der Waals surface area contributed by atoms with E-state index >= 15 is 0 Å². The molecule has 1 amide bonds. The van der Waals surface area contributed by atoms with Crippen LogP contribution < -0.4 is 11.5 Å². The summed E-state index contributed by atoms with van der Waals surface area (Å²) >= 11 is 0. The molecular weight excluding hydrogens is 240 g/mol. The average Bonchev–Trinajstić information content (AvgIpc) is 2.37. The molecule has 0 aromatic heterocycles. The Morgan fingerprint density at radius 3 is 2.05 bits per heavy atom. The van der Waals surface area contributed by atoms with Crippen LogP contribution in [-0.4, -0.2) is 47.9 Å². The zero-order chi connectivity index (χ0) is 14.0. The lowest BCUT2D eigenvalue weighted by atomic mass is 10.1. The van der Waals surface area contributed by atoms with Gasteiger partial charge in [-0.15, -0.1) is 0 Å². The van der Waals surface area contributed by atoms with Crippen LogP contribution in [0.5, 0.6) is 0 Å². The van der Waals surface area contributed by atoms with E-state index in [0.29, 0.717) is 23.0 Å². The second-order valence-electron chi connectivity index (χ2n) is 5.31. The summed E-state index contributed by atoms with van der Waals surface area (Å²) < 4.78 is 0. The molecule has 1 aliphatic rings. The SMILES string of the molecule is CC(C)N1CCN(C(=O)c2cc(N)cc(N)c2)CC1. The van der Waals surface area contributed by atoms with Gasteiger partial charge < -0.3 is 16.4 Å². The number of carbonyl (C=O) groups excluding carboxylic acids is 1. The Morgan fingerprint density at radius 1 is 1.05 bits per heavy atom. The van der Waals surface area contributed by atoms with E-state index in [2.05, 4.69) is 18.7 Å². The largest absolute Gasteiger partial charge is 0.399 e. The molecule has 0 spiro atoms. The van der Waals surface area contributed by atoms with Crippen molar-refractivity contribution in [1.29, 1.82) is 0 Å². The quantitative estimate of drug-likeness (QED) is 0.780. The summed E-state index contributed by atoms with van der Waals surface area (Å²) in [5.41, 5.74) is 13.1. The molecule has 1 heterocycles. The van der Waals surface area contributed by atoms with Crippen LogP contribution in [0.4, 0.5) is 11.4 Å². The summed E-state index contributed by atoms with van der Waals surface area (Å²) in [6.45, 7) is 7.70. The zero-order valence-corrected chi connectivity index (χ0v) is 11.6. The van der Waals surface area contributed by atoms with Gasteiger partial charge in [0.25, 0.3) is 5.91 Å². The standard InChI is InChI=1S/C14H22N4O/c1-10(2)17-3-5-18(6-4-17)14(19)11-7-12(15)9-13(16)8-11/h7-10H,3-6,15-16H2,1-2H3. The molecule has 1 saturated heterocycles. The van der Waals surface area contributed by atoms with Gasteiger partial charge in [0.1, 0.15) is 0 Å². The van der Waals surface area contributed by atoms with Gasteiger partial charge in [0, 0.05) is 49.2 Å². The van der Waals surface area contributed by atoms with Crippen molar-refractivity contribution < 1.29 is 4.79 Å². The molecule has 0 bridgehead atoms. The number of anilines is 2. The molecule has 1 aliphatic heterocycles. The molecular formula is C14H22N4O. The molecule has 1 aromatic carbocycles. The first-order valence-corrected chi connectivity index (χ1v) is 6.66. The van der Waals surface area contributed by atoms with Crippen LogP contribution in [0.2, 0.25) is 0 Å². The lowest BCUT2D eigenvalue weighted by Crippen LogP contribution is -2.50. The zero-order valence-electron chi connectivity index (χ0n) is 11.6. The van der Waals surface area contributed by atoms with Gasteiger partial charge in [0.2, 0.25) is 0 Å². The van der Waals surface area contributed by atoms with E-state index in [0.717, 1.165) is 26.2 Å². The highest BCUT2D eigenvalue weighted by Gasteiger charge is 2.23. The molecule has 0 radical (unpaired) electrons. The average molecular weight is 262 g/mol. The number of amides is 1. The monoisotopic (exact) mass is 262 g/mol. The maximum Gasteiger partial charge on any atom is 0.254 e. The Morgan fingerprint density at radius 2 is 1.58 bits per heavy atom. The molecule has 0 aliphatic carbocycles. The highest BCUT2D eigenvalue weighted by atomic mass is 16.2. The Bertz CT molecular complexity index is 444. The first kappa shape index (κ1) is 13.7. The number of hydrogen-bond donors (Lipinski definition) is 2. The third-order valence-corrected chi connectivity index (χ3v) is 3.56. The van der Waals surface area contributed by atoms with E-state index in [1.807, 2.05) is 4.90 Å². The number of carbonyl (C=O) groups is 1. The van der Waals surface area contributed by atoms with Gasteiger partial charge >= 0.3 is 0 Å². The molecule has 5 heteroatoms. The van der Waals surface area contributed by atoms with E-state index < -0.39 is 0 Å².